The molecule has 18 heavy (non-hydrogen) atoms. The van der Waals surface area contributed by atoms with Gasteiger partial charge in [0.25, 0.3) is 0 Å². The van der Waals surface area contributed by atoms with Crippen molar-refractivity contribution in [1.29, 1.82) is 0 Å². The number of carbonyl (C=O) groups is 1. The van der Waals surface area contributed by atoms with Crippen LogP contribution in [0.5, 0.6) is 5.75 Å². The summed E-state index contributed by atoms with van der Waals surface area (Å²) in [6.45, 7) is 4.57. The van der Waals surface area contributed by atoms with E-state index in [-0.39, 0.29) is 5.91 Å². The van der Waals surface area contributed by atoms with Crippen molar-refractivity contribution in [3.05, 3.63) is 24.0 Å². The second-order valence-electron chi connectivity index (χ2n) is 4.98. The minimum atomic E-state index is 0.0444. The summed E-state index contributed by atoms with van der Waals surface area (Å²) in [6.07, 6.45) is 4.67. The number of carbonyl (C=O) groups excluding carboxylic acids is 1. The number of pyridine rings is 1. The summed E-state index contributed by atoms with van der Waals surface area (Å²) in [6, 6.07) is 2.06. The fourth-order valence-electron chi connectivity index (χ4n) is 2.68. The van der Waals surface area contributed by atoms with Crippen molar-refractivity contribution in [3.8, 4) is 5.75 Å². The summed E-state index contributed by atoms with van der Waals surface area (Å²) in [5, 5.41) is 2.85. The Morgan fingerprint density at radius 2 is 2.28 bits per heavy atom. The Bertz CT molecular complexity index is 434. The van der Waals surface area contributed by atoms with Gasteiger partial charge in [-0.2, -0.15) is 0 Å². The van der Waals surface area contributed by atoms with Crippen LogP contribution in [0.1, 0.15) is 31.7 Å². The topological polar surface area (TPSA) is 51.2 Å². The van der Waals surface area contributed by atoms with Gasteiger partial charge < -0.3 is 10.1 Å². The predicted octanol–water partition coefficient (Wildman–Crippen LogP) is 1.97. The molecule has 1 aliphatic carbocycles. The van der Waals surface area contributed by atoms with E-state index in [4.69, 9.17) is 4.74 Å². The van der Waals surface area contributed by atoms with E-state index in [0.29, 0.717) is 17.8 Å². The van der Waals surface area contributed by atoms with Gasteiger partial charge in [-0.1, -0.05) is 6.92 Å². The van der Waals surface area contributed by atoms with Crippen molar-refractivity contribution in [1.82, 2.24) is 10.3 Å². The first-order chi connectivity index (χ1) is 8.63. The van der Waals surface area contributed by atoms with Crippen LogP contribution < -0.4 is 10.1 Å². The van der Waals surface area contributed by atoms with Crippen molar-refractivity contribution in [2.24, 2.45) is 11.8 Å². The molecule has 0 radical (unpaired) electrons. The Kier molecular flexibility index (Phi) is 3.84. The molecule has 1 saturated carbocycles. The van der Waals surface area contributed by atoms with Crippen molar-refractivity contribution in [2.45, 2.75) is 26.2 Å². The zero-order valence-corrected chi connectivity index (χ0v) is 11.1. The molecule has 3 unspecified atom stereocenters. The molecule has 2 rings (SSSR count). The second-order valence-corrected chi connectivity index (χ2v) is 4.98. The maximum atomic E-state index is 10.8. The predicted molar refractivity (Wildman–Crippen MR) is 69.5 cm³/mol. The molecule has 0 aromatic carbocycles. The molecule has 0 aliphatic heterocycles. The summed E-state index contributed by atoms with van der Waals surface area (Å²) >= 11 is 0. The quantitative estimate of drug-likeness (QED) is 0.866. The first-order valence-electron chi connectivity index (χ1n) is 6.37. The van der Waals surface area contributed by atoms with Gasteiger partial charge in [-0.05, 0) is 35.8 Å². The Balaban J connectivity index is 1.92. The molecule has 1 heterocycles. The van der Waals surface area contributed by atoms with Crippen molar-refractivity contribution in [3.63, 3.8) is 0 Å². The molecule has 0 bridgehead atoms. The minimum Gasteiger partial charge on any atom is -0.495 e. The molecule has 1 amide bonds. The highest BCUT2D eigenvalue weighted by molar-refractivity contribution is 5.72. The van der Waals surface area contributed by atoms with E-state index < -0.39 is 0 Å². The zero-order valence-electron chi connectivity index (χ0n) is 11.1. The summed E-state index contributed by atoms with van der Waals surface area (Å²) in [4.78, 5) is 15.0. The fourth-order valence-corrected chi connectivity index (χ4v) is 2.68. The van der Waals surface area contributed by atoms with Crippen LogP contribution in [0.3, 0.4) is 0 Å². The Morgan fingerprint density at radius 1 is 1.50 bits per heavy atom. The van der Waals surface area contributed by atoms with E-state index in [1.807, 2.05) is 6.20 Å². The molecule has 1 aromatic rings. The Morgan fingerprint density at radius 3 is 2.94 bits per heavy atom. The number of nitrogens with one attached hydrogen (secondary N) is 1. The highest BCUT2D eigenvalue weighted by Crippen LogP contribution is 2.55. The smallest absolute Gasteiger partial charge is 0.216 e. The van der Waals surface area contributed by atoms with Crippen LogP contribution in [0.15, 0.2) is 18.5 Å². The van der Waals surface area contributed by atoms with Crippen molar-refractivity contribution in [2.75, 3.05) is 13.7 Å². The van der Waals surface area contributed by atoms with E-state index in [2.05, 4.69) is 23.3 Å². The average molecular weight is 248 g/mol. The van der Waals surface area contributed by atoms with Gasteiger partial charge >= 0.3 is 0 Å². The van der Waals surface area contributed by atoms with Gasteiger partial charge in [-0.25, -0.2) is 0 Å². The van der Waals surface area contributed by atoms with Gasteiger partial charge in [0.1, 0.15) is 5.75 Å². The molecular weight excluding hydrogens is 228 g/mol. The fraction of sp³-hybridized carbons (Fsp3) is 0.571. The number of aromatic nitrogens is 1. The van der Waals surface area contributed by atoms with E-state index in [1.165, 1.54) is 5.56 Å². The monoisotopic (exact) mass is 248 g/mol. The van der Waals surface area contributed by atoms with Crippen LogP contribution in [-0.4, -0.2) is 24.5 Å². The third-order valence-electron chi connectivity index (χ3n) is 3.77. The van der Waals surface area contributed by atoms with Crippen LogP contribution in [0.25, 0.3) is 0 Å². The minimum absolute atomic E-state index is 0.0444. The van der Waals surface area contributed by atoms with E-state index >= 15 is 0 Å². The van der Waals surface area contributed by atoms with Crippen molar-refractivity contribution >= 4 is 5.91 Å². The van der Waals surface area contributed by atoms with E-state index in [9.17, 15) is 4.79 Å². The molecule has 98 valence electrons. The molecular formula is C14H20N2O2. The van der Waals surface area contributed by atoms with Crippen LogP contribution in [0.2, 0.25) is 0 Å². The largest absolute Gasteiger partial charge is 0.495 e. The number of rotatable bonds is 5. The molecule has 0 spiro atoms. The lowest BCUT2D eigenvalue weighted by atomic mass is 10.1. The Hall–Kier alpha value is -1.58. The van der Waals surface area contributed by atoms with Gasteiger partial charge in [0.2, 0.25) is 5.91 Å². The van der Waals surface area contributed by atoms with Crippen LogP contribution in [0.4, 0.5) is 0 Å². The maximum absolute atomic E-state index is 10.8. The number of nitrogens with zero attached hydrogens (tertiary/aromatic N) is 1. The summed E-state index contributed by atoms with van der Waals surface area (Å²) in [5.74, 6) is 2.72. The molecule has 1 N–H and O–H groups in total. The average Bonchev–Trinajstić information content (AvgIpc) is 2.99. The zero-order chi connectivity index (χ0) is 13.1. The Labute approximate surface area is 108 Å². The van der Waals surface area contributed by atoms with Crippen LogP contribution in [0, 0.1) is 11.8 Å². The molecule has 4 heteroatoms. The molecule has 1 fully saturated rings. The lowest BCUT2D eigenvalue weighted by Gasteiger charge is -2.04. The van der Waals surface area contributed by atoms with Crippen LogP contribution in [-0.2, 0) is 4.79 Å². The summed E-state index contributed by atoms with van der Waals surface area (Å²) in [5.41, 5.74) is 1.25. The standard InChI is InChI=1S/C14H20N2O2/c1-9-13(4-5-16-10(2)17)14(9)11-6-12(18-3)8-15-7-11/h6-9,13-14H,4-5H2,1-3H3,(H,16,17). The second kappa shape index (κ2) is 5.38. The van der Waals surface area contributed by atoms with Gasteiger partial charge in [0.15, 0.2) is 0 Å². The number of ether oxygens (including phenoxy) is 1. The van der Waals surface area contributed by atoms with E-state index in [1.54, 1.807) is 20.2 Å². The van der Waals surface area contributed by atoms with E-state index in [0.717, 1.165) is 18.7 Å². The normalized spacial score (nSPS) is 25.6. The molecule has 1 aliphatic rings. The number of hydrogen-bond acceptors (Lipinski definition) is 3. The first kappa shape index (κ1) is 12.9. The number of hydrogen-bond donors (Lipinski definition) is 1. The highest BCUT2D eigenvalue weighted by Gasteiger charge is 2.46. The number of methoxy groups -OCH3 is 1. The summed E-state index contributed by atoms with van der Waals surface area (Å²) < 4.78 is 5.20. The van der Waals surface area contributed by atoms with Gasteiger partial charge in [0, 0.05) is 19.7 Å². The van der Waals surface area contributed by atoms with Gasteiger partial charge in [-0.15, -0.1) is 0 Å². The first-order valence-corrected chi connectivity index (χ1v) is 6.37. The molecule has 1 aromatic heterocycles. The van der Waals surface area contributed by atoms with Gasteiger partial charge in [-0.3, -0.25) is 9.78 Å². The molecule has 4 nitrogen and oxygen atoms in total. The maximum Gasteiger partial charge on any atom is 0.216 e. The lowest BCUT2D eigenvalue weighted by Crippen LogP contribution is -2.21. The van der Waals surface area contributed by atoms with Crippen molar-refractivity contribution < 1.29 is 9.53 Å². The summed E-state index contributed by atoms with van der Waals surface area (Å²) in [7, 11) is 1.66. The number of amides is 1. The lowest BCUT2D eigenvalue weighted by molar-refractivity contribution is -0.118. The third kappa shape index (κ3) is 2.81. The van der Waals surface area contributed by atoms with Gasteiger partial charge in [0.05, 0.1) is 13.3 Å². The highest BCUT2D eigenvalue weighted by atomic mass is 16.5. The SMILES string of the molecule is COc1cncc(C2C(C)C2CCNC(C)=O)c1. The third-order valence-corrected chi connectivity index (χ3v) is 3.77. The molecule has 3 atom stereocenters. The van der Waals surface area contributed by atoms with Crippen LogP contribution >= 0.6 is 0 Å². The molecule has 0 saturated heterocycles.